The molecule has 128 valence electrons. The van der Waals surface area contributed by atoms with Crippen molar-refractivity contribution in [2.75, 3.05) is 18.1 Å². The number of amides is 1. The lowest BCUT2D eigenvalue weighted by atomic mass is 10.3. The van der Waals surface area contributed by atoms with Crippen molar-refractivity contribution in [2.24, 2.45) is 0 Å². The van der Waals surface area contributed by atoms with Crippen LogP contribution in [0.2, 0.25) is 10.0 Å². The van der Waals surface area contributed by atoms with Crippen LogP contribution in [0.15, 0.2) is 42.7 Å². The predicted octanol–water partition coefficient (Wildman–Crippen LogP) is 2.79. The number of hydrogen-bond donors (Lipinski definition) is 1. The number of aromatic nitrogens is 1. The summed E-state index contributed by atoms with van der Waals surface area (Å²) in [6.07, 6.45) is 4.18. The van der Waals surface area contributed by atoms with Gasteiger partial charge in [-0.05, 0) is 23.8 Å². The number of rotatable bonds is 6. The number of carbonyl (C=O) groups excluding carboxylic acids is 1. The molecule has 0 spiro atoms. The van der Waals surface area contributed by atoms with Gasteiger partial charge in [0.2, 0.25) is 15.9 Å². The molecular formula is C15H15Cl2N3O3S. The van der Waals surface area contributed by atoms with Crippen LogP contribution in [0.1, 0.15) is 5.56 Å². The predicted molar refractivity (Wildman–Crippen MR) is 94.6 cm³/mol. The van der Waals surface area contributed by atoms with Crippen LogP contribution in [0.4, 0.5) is 5.69 Å². The van der Waals surface area contributed by atoms with Gasteiger partial charge in [-0.25, -0.2) is 8.42 Å². The van der Waals surface area contributed by atoms with Gasteiger partial charge < -0.3 is 5.32 Å². The highest BCUT2D eigenvalue weighted by Crippen LogP contribution is 2.29. The molecule has 1 N–H and O–H groups in total. The number of nitrogens with zero attached hydrogens (tertiary/aromatic N) is 2. The zero-order chi connectivity index (χ0) is 17.7. The molecule has 0 unspecified atom stereocenters. The summed E-state index contributed by atoms with van der Waals surface area (Å²) in [7, 11) is -3.58. The molecule has 0 aliphatic carbocycles. The van der Waals surface area contributed by atoms with Gasteiger partial charge in [-0.2, -0.15) is 4.31 Å². The fourth-order valence-electron chi connectivity index (χ4n) is 1.94. The van der Waals surface area contributed by atoms with Crippen LogP contribution in [0.3, 0.4) is 0 Å². The number of hydrogen-bond acceptors (Lipinski definition) is 4. The number of halogens is 2. The second kappa shape index (κ2) is 7.94. The van der Waals surface area contributed by atoms with E-state index < -0.39 is 15.9 Å². The summed E-state index contributed by atoms with van der Waals surface area (Å²) in [4.78, 5) is 16.1. The van der Waals surface area contributed by atoms with Crippen molar-refractivity contribution in [1.29, 1.82) is 0 Å². The summed E-state index contributed by atoms with van der Waals surface area (Å²) >= 11 is 11.9. The minimum atomic E-state index is -3.58. The van der Waals surface area contributed by atoms with Crippen LogP contribution in [-0.2, 0) is 21.4 Å². The molecule has 1 aromatic carbocycles. The minimum Gasteiger partial charge on any atom is -0.324 e. The Kier molecular flexibility index (Phi) is 6.17. The Morgan fingerprint density at radius 2 is 2.00 bits per heavy atom. The van der Waals surface area contributed by atoms with E-state index >= 15 is 0 Å². The smallest absolute Gasteiger partial charge is 0.239 e. The van der Waals surface area contributed by atoms with Crippen molar-refractivity contribution >= 4 is 44.8 Å². The standard InChI is InChI=1S/C15H15Cl2N3O3S/c1-24(22,23)20(9-11-4-3-7-18-8-11)10-14(21)19-13-6-2-5-12(16)15(13)17/h2-8H,9-10H2,1H3,(H,19,21). The maximum atomic E-state index is 12.2. The first-order valence-electron chi connectivity index (χ1n) is 6.85. The molecule has 0 atom stereocenters. The molecule has 0 saturated carbocycles. The van der Waals surface area contributed by atoms with Crippen molar-refractivity contribution in [2.45, 2.75) is 6.54 Å². The molecule has 2 rings (SSSR count). The van der Waals surface area contributed by atoms with Crippen LogP contribution in [0.5, 0.6) is 0 Å². The Labute approximate surface area is 150 Å². The van der Waals surface area contributed by atoms with Crippen molar-refractivity contribution in [1.82, 2.24) is 9.29 Å². The maximum Gasteiger partial charge on any atom is 0.239 e. The van der Waals surface area contributed by atoms with Crippen molar-refractivity contribution in [3.63, 3.8) is 0 Å². The summed E-state index contributed by atoms with van der Waals surface area (Å²) in [5.41, 5.74) is 1.00. The van der Waals surface area contributed by atoms with Gasteiger partial charge in [-0.3, -0.25) is 9.78 Å². The normalized spacial score (nSPS) is 11.5. The molecule has 6 nitrogen and oxygen atoms in total. The SMILES string of the molecule is CS(=O)(=O)N(CC(=O)Nc1cccc(Cl)c1Cl)Cc1cccnc1. The first kappa shape index (κ1) is 18.7. The van der Waals surface area contributed by atoms with E-state index in [9.17, 15) is 13.2 Å². The van der Waals surface area contributed by atoms with E-state index in [0.29, 0.717) is 16.3 Å². The second-order valence-corrected chi connectivity index (χ2v) is 7.81. The van der Waals surface area contributed by atoms with E-state index in [1.807, 2.05) is 0 Å². The van der Waals surface area contributed by atoms with E-state index in [2.05, 4.69) is 10.3 Å². The number of sulfonamides is 1. The van der Waals surface area contributed by atoms with Gasteiger partial charge in [0.05, 0.1) is 28.5 Å². The monoisotopic (exact) mass is 387 g/mol. The lowest BCUT2D eigenvalue weighted by molar-refractivity contribution is -0.116. The van der Waals surface area contributed by atoms with Crippen LogP contribution in [0.25, 0.3) is 0 Å². The Morgan fingerprint density at radius 3 is 2.62 bits per heavy atom. The van der Waals surface area contributed by atoms with E-state index in [1.165, 1.54) is 0 Å². The largest absolute Gasteiger partial charge is 0.324 e. The molecule has 0 fully saturated rings. The Bertz CT molecular complexity index is 829. The zero-order valence-corrected chi connectivity index (χ0v) is 15.1. The van der Waals surface area contributed by atoms with Crippen LogP contribution >= 0.6 is 23.2 Å². The second-order valence-electron chi connectivity index (χ2n) is 5.04. The molecule has 1 amide bonds. The summed E-state index contributed by atoms with van der Waals surface area (Å²) in [6.45, 7) is -0.306. The van der Waals surface area contributed by atoms with Gasteiger partial charge in [-0.15, -0.1) is 0 Å². The van der Waals surface area contributed by atoms with Gasteiger partial charge in [0.15, 0.2) is 0 Å². The van der Waals surface area contributed by atoms with Crippen LogP contribution < -0.4 is 5.32 Å². The van der Waals surface area contributed by atoms with Crippen LogP contribution in [-0.4, -0.2) is 36.4 Å². The number of nitrogens with one attached hydrogen (secondary N) is 1. The molecule has 0 radical (unpaired) electrons. The van der Waals surface area contributed by atoms with E-state index in [1.54, 1.807) is 42.7 Å². The highest BCUT2D eigenvalue weighted by molar-refractivity contribution is 7.88. The zero-order valence-electron chi connectivity index (χ0n) is 12.7. The van der Waals surface area contributed by atoms with Crippen molar-refractivity contribution in [3.8, 4) is 0 Å². The lowest BCUT2D eigenvalue weighted by Crippen LogP contribution is -2.37. The molecule has 0 aliphatic rings. The lowest BCUT2D eigenvalue weighted by Gasteiger charge is -2.19. The molecule has 0 saturated heterocycles. The van der Waals surface area contributed by atoms with Crippen LogP contribution in [0, 0.1) is 0 Å². The molecule has 1 aromatic heterocycles. The Hall–Kier alpha value is -1.67. The first-order chi connectivity index (χ1) is 11.3. The van der Waals surface area contributed by atoms with Crippen molar-refractivity contribution < 1.29 is 13.2 Å². The first-order valence-corrected chi connectivity index (χ1v) is 9.45. The third-order valence-electron chi connectivity index (χ3n) is 3.10. The van der Waals surface area contributed by atoms with Gasteiger partial charge in [0.1, 0.15) is 0 Å². The van der Waals surface area contributed by atoms with Crippen molar-refractivity contribution in [3.05, 3.63) is 58.3 Å². The molecular weight excluding hydrogens is 373 g/mol. The summed E-state index contributed by atoms with van der Waals surface area (Å²) < 4.78 is 24.9. The Morgan fingerprint density at radius 1 is 1.25 bits per heavy atom. The fraction of sp³-hybridized carbons (Fsp3) is 0.200. The molecule has 24 heavy (non-hydrogen) atoms. The van der Waals surface area contributed by atoms with E-state index in [0.717, 1.165) is 10.6 Å². The molecule has 2 aromatic rings. The summed E-state index contributed by atoms with van der Waals surface area (Å²) in [6, 6.07) is 8.23. The highest BCUT2D eigenvalue weighted by Gasteiger charge is 2.21. The maximum absolute atomic E-state index is 12.2. The number of pyridine rings is 1. The topological polar surface area (TPSA) is 79.4 Å². The Balaban J connectivity index is 2.12. The van der Waals surface area contributed by atoms with Gasteiger partial charge >= 0.3 is 0 Å². The highest BCUT2D eigenvalue weighted by atomic mass is 35.5. The number of carbonyl (C=O) groups is 1. The fourth-order valence-corrected chi connectivity index (χ4v) is 3.02. The minimum absolute atomic E-state index is 0.0450. The third-order valence-corrected chi connectivity index (χ3v) is 5.11. The third kappa shape index (κ3) is 5.17. The molecule has 1 heterocycles. The molecule has 0 aliphatic heterocycles. The van der Waals surface area contributed by atoms with Gasteiger partial charge in [0.25, 0.3) is 0 Å². The molecule has 9 heteroatoms. The van der Waals surface area contributed by atoms with E-state index in [-0.39, 0.29) is 18.1 Å². The average Bonchev–Trinajstić information content (AvgIpc) is 2.51. The number of anilines is 1. The summed E-state index contributed by atoms with van der Waals surface area (Å²) in [5.74, 6) is -0.520. The number of benzene rings is 1. The van der Waals surface area contributed by atoms with E-state index in [4.69, 9.17) is 23.2 Å². The van der Waals surface area contributed by atoms with Gasteiger partial charge in [0, 0.05) is 18.9 Å². The summed E-state index contributed by atoms with van der Waals surface area (Å²) in [5, 5.41) is 3.06. The molecule has 0 bridgehead atoms. The quantitative estimate of drug-likeness (QED) is 0.826. The van der Waals surface area contributed by atoms with Gasteiger partial charge in [-0.1, -0.05) is 35.3 Å². The average molecular weight is 388 g/mol.